The van der Waals surface area contributed by atoms with Crippen molar-refractivity contribution in [2.75, 3.05) is 5.75 Å². The molecule has 3 rings (SSSR count). The number of hydrogen-bond donors (Lipinski definition) is 1. The van der Waals surface area contributed by atoms with E-state index in [2.05, 4.69) is 16.7 Å². The molecule has 124 valence electrons. The van der Waals surface area contributed by atoms with Crippen molar-refractivity contribution in [2.45, 2.75) is 64.3 Å². The molecule has 1 aromatic rings. The predicted molar refractivity (Wildman–Crippen MR) is 87.0 cm³/mol. The Kier molecular flexibility index (Phi) is 4.34. The first kappa shape index (κ1) is 16.0. The molecule has 1 saturated carbocycles. The third kappa shape index (κ3) is 3.54. The molecule has 1 aromatic heterocycles. The summed E-state index contributed by atoms with van der Waals surface area (Å²) in [6.07, 6.45) is 10.4. The summed E-state index contributed by atoms with van der Waals surface area (Å²) in [6.45, 7) is 2.13. The van der Waals surface area contributed by atoms with Crippen LogP contribution >= 0.6 is 0 Å². The third-order valence-electron chi connectivity index (χ3n) is 5.14. The van der Waals surface area contributed by atoms with Gasteiger partial charge in [-0.3, -0.25) is 4.68 Å². The lowest BCUT2D eigenvalue weighted by Gasteiger charge is -2.34. The third-order valence-corrected chi connectivity index (χ3v) is 6.86. The van der Waals surface area contributed by atoms with Gasteiger partial charge in [-0.25, -0.2) is 13.1 Å². The van der Waals surface area contributed by atoms with Crippen LogP contribution in [-0.4, -0.2) is 24.0 Å². The SMILES string of the molecule is Cn1cc2c(n1)CCCC2NS(=O)(=O)CC1(C)CCCCC1. The zero-order chi connectivity index (χ0) is 15.8. The fourth-order valence-electron chi connectivity index (χ4n) is 4.06. The van der Waals surface area contributed by atoms with Gasteiger partial charge in [0.1, 0.15) is 0 Å². The van der Waals surface area contributed by atoms with E-state index >= 15 is 0 Å². The molecule has 6 heteroatoms. The molecule has 1 N–H and O–H groups in total. The minimum atomic E-state index is -3.26. The second-order valence-corrected chi connectivity index (χ2v) is 9.15. The lowest BCUT2D eigenvalue weighted by molar-refractivity contribution is 0.246. The predicted octanol–water partition coefficient (Wildman–Crippen LogP) is 2.69. The Bertz CT molecular complexity index is 630. The highest BCUT2D eigenvalue weighted by atomic mass is 32.2. The molecule has 1 heterocycles. The van der Waals surface area contributed by atoms with Crippen LogP contribution in [0.5, 0.6) is 0 Å². The number of sulfonamides is 1. The van der Waals surface area contributed by atoms with Crippen LogP contribution in [-0.2, 0) is 23.5 Å². The number of aryl methyl sites for hydroxylation is 2. The van der Waals surface area contributed by atoms with Crippen molar-refractivity contribution in [1.29, 1.82) is 0 Å². The van der Waals surface area contributed by atoms with Gasteiger partial charge in [0.25, 0.3) is 0 Å². The fraction of sp³-hybridized carbons (Fsp3) is 0.812. The first-order chi connectivity index (χ1) is 10.4. The van der Waals surface area contributed by atoms with Crippen molar-refractivity contribution in [3.8, 4) is 0 Å². The van der Waals surface area contributed by atoms with Crippen LogP contribution in [0.1, 0.15) is 69.2 Å². The van der Waals surface area contributed by atoms with E-state index in [0.717, 1.165) is 56.2 Å². The van der Waals surface area contributed by atoms with Crippen LogP contribution in [0.4, 0.5) is 0 Å². The van der Waals surface area contributed by atoms with Gasteiger partial charge < -0.3 is 0 Å². The van der Waals surface area contributed by atoms with E-state index in [1.807, 2.05) is 13.2 Å². The van der Waals surface area contributed by atoms with Crippen molar-refractivity contribution < 1.29 is 8.42 Å². The van der Waals surface area contributed by atoms with E-state index in [4.69, 9.17) is 0 Å². The highest BCUT2D eigenvalue weighted by Crippen LogP contribution is 2.37. The Morgan fingerprint density at radius 1 is 1.32 bits per heavy atom. The maximum absolute atomic E-state index is 12.7. The summed E-state index contributed by atoms with van der Waals surface area (Å²) in [6, 6.07) is -0.102. The summed E-state index contributed by atoms with van der Waals surface area (Å²) in [5.74, 6) is 0.256. The van der Waals surface area contributed by atoms with Crippen LogP contribution in [0.25, 0.3) is 0 Å². The van der Waals surface area contributed by atoms with Gasteiger partial charge in [-0.05, 0) is 37.5 Å². The maximum atomic E-state index is 12.7. The normalized spacial score (nSPS) is 24.9. The van der Waals surface area contributed by atoms with Gasteiger partial charge in [0.05, 0.1) is 17.5 Å². The highest BCUT2D eigenvalue weighted by Gasteiger charge is 2.34. The zero-order valence-corrected chi connectivity index (χ0v) is 14.5. The molecule has 0 bridgehead atoms. The average molecular weight is 325 g/mol. The van der Waals surface area contributed by atoms with E-state index in [-0.39, 0.29) is 17.2 Å². The molecule has 5 nitrogen and oxygen atoms in total. The van der Waals surface area contributed by atoms with Gasteiger partial charge in [0.2, 0.25) is 10.0 Å². The standard InChI is InChI=1S/C16H27N3O2S/c1-16(9-4-3-5-10-16)12-22(20,21)18-15-8-6-7-14-13(15)11-19(2)17-14/h11,15,18H,3-10,12H2,1-2H3. The number of nitrogens with one attached hydrogen (secondary N) is 1. The molecule has 0 saturated heterocycles. The summed E-state index contributed by atoms with van der Waals surface area (Å²) < 4.78 is 30.0. The Balaban J connectivity index is 1.72. The van der Waals surface area contributed by atoms with E-state index in [1.54, 1.807) is 4.68 Å². The summed E-state index contributed by atoms with van der Waals surface area (Å²) in [5, 5.41) is 4.44. The summed E-state index contributed by atoms with van der Waals surface area (Å²) in [4.78, 5) is 0. The number of rotatable bonds is 4. The molecule has 2 aliphatic rings. The van der Waals surface area contributed by atoms with Gasteiger partial charge in [-0.1, -0.05) is 26.2 Å². The molecule has 2 aliphatic carbocycles. The van der Waals surface area contributed by atoms with Gasteiger partial charge in [-0.15, -0.1) is 0 Å². The van der Waals surface area contributed by atoms with Gasteiger partial charge in [0.15, 0.2) is 0 Å². The zero-order valence-electron chi connectivity index (χ0n) is 13.6. The van der Waals surface area contributed by atoms with Crippen LogP contribution in [0, 0.1) is 5.41 Å². The maximum Gasteiger partial charge on any atom is 0.212 e. The summed E-state index contributed by atoms with van der Waals surface area (Å²) in [5.41, 5.74) is 2.05. The van der Waals surface area contributed by atoms with Gasteiger partial charge in [-0.2, -0.15) is 5.10 Å². The lowest BCUT2D eigenvalue weighted by Crippen LogP contribution is -2.38. The molecule has 0 aromatic carbocycles. The number of hydrogen-bond acceptors (Lipinski definition) is 3. The second kappa shape index (κ2) is 5.96. The van der Waals surface area contributed by atoms with E-state index in [0.29, 0.717) is 0 Å². The quantitative estimate of drug-likeness (QED) is 0.925. The Hall–Kier alpha value is -0.880. The van der Waals surface area contributed by atoms with E-state index < -0.39 is 10.0 Å². The molecule has 22 heavy (non-hydrogen) atoms. The van der Waals surface area contributed by atoms with E-state index in [9.17, 15) is 8.42 Å². The monoisotopic (exact) mass is 325 g/mol. The Labute approximate surface area is 133 Å². The highest BCUT2D eigenvalue weighted by molar-refractivity contribution is 7.89. The smallest absolute Gasteiger partial charge is 0.212 e. The van der Waals surface area contributed by atoms with Crippen LogP contribution < -0.4 is 4.72 Å². The minimum absolute atomic E-state index is 0.0590. The molecule has 0 spiro atoms. The molecule has 1 unspecified atom stereocenters. The van der Waals surface area contributed by atoms with Gasteiger partial charge in [0, 0.05) is 18.8 Å². The van der Waals surface area contributed by atoms with Crippen molar-refractivity contribution in [3.63, 3.8) is 0 Å². The second-order valence-electron chi connectivity index (χ2n) is 7.40. The summed E-state index contributed by atoms with van der Waals surface area (Å²) >= 11 is 0. The first-order valence-electron chi connectivity index (χ1n) is 8.39. The Morgan fingerprint density at radius 3 is 2.77 bits per heavy atom. The molecular weight excluding hydrogens is 298 g/mol. The molecule has 1 fully saturated rings. The number of aromatic nitrogens is 2. The molecular formula is C16H27N3O2S. The number of nitrogens with zero attached hydrogens (tertiary/aromatic N) is 2. The molecule has 0 aliphatic heterocycles. The average Bonchev–Trinajstić information content (AvgIpc) is 2.79. The van der Waals surface area contributed by atoms with Crippen LogP contribution in [0.15, 0.2) is 6.20 Å². The van der Waals surface area contributed by atoms with Crippen LogP contribution in [0.3, 0.4) is 0 Å². The molecule has 0 amide bonds. The van der Waals surface area contributed by atoms with Crippen molar-refractivity contribution in [2.24, 2.45) is 12.5 Å². The summed E-state index contributed by atoms with van der Waals surface area (Å²) in [7, 11) is -1.36. The largest absolute Gasteiger partial charge is 0.275 e. The Morgan fingerprint density at radius 2 is 2.05 bits per heavy atom. The van der Waals surface area contributed by atoms with E-state index in [1.165, 1.54) is 6.42 Å². The topological polar surface area (TPSA) is 64.0 Å². The van der Waals surface area contributed by atoms with Gasteiger partial charge >= 0.3 is 0 Å². The van der Waals surface area contributed by atoms with Crippen molar-refractivity contribution in [3.05, 3.63) is 17.5 Å². The van der Waals surface area contributed by atoms with Crippen molar-refractivity contribution >= 4 is 10.0 Å². The first-order valence-corrected chi connectivity index (χ1v) is 10.0. The lowest BCUT2D eigenvalue weighted by atomic mass is 9.77. The van der Waals surface area contributed by atoms with Crippen molar-refractivity contribution in [1.82, 2.24) is 14.5 Å². The minimum Gasteiger partial charge on any atom is -0.275 e. The number of fused-ring (bicyclic) bond motifs is 1. The van der Waals surface area contributed by atoms with Crippen LogP contribution in [0.2, 0.25) is 0 Å². The molecule has 0 radical (unpaired) electrons. The molecule has 1 atom stereocenters. The fourth-order valence-corrected chi connectivity index (χ4v) is 6.02.